The fraction of sp³-hybridized carbons (Fsp3) is 0.643. The third kappa shape index (κ3) is 4.90. The van der Waals surface area contributed by atoms with Gasteiger partial charge in [0.25, 0.3) is 0 Å². The molecule has 0 bridgehead atoms. The number of anilines is 2. The lowest BCUT2D eigenvalue weighted by Gasteiger charge is -2.27. The third-order valence-electron chi connectivity index (χ3n) is 2.85. The summed E-state index contributed by atoms with van der Waals surface area (Å²) in [5.74, 6) is 0.478. The van der Waals surface area contributed by atoms with Gasteiger partial charge in [-0.2, -0.15) is 13.2 Å². The van der Waals surface area contributed by atoms with E-state index in [-0.39, 0.29) is 17.2 Å². The third-order valence-corrected chi connectivity index (χ3v) is 2.85. The number of nitrogens with one attached hydrogen (secondary N) is 2. The SMILES string of the molecule is CCCC(C)(C)Nc1cc(C(F)(F)F)cc(NCC)n1. The molecule has 0 radical (unpaired) electrons. The molecule has 20 heavy (non-hydrogen) atoms. The number of alkyl halides is 3. The maximum absolute atomic E-state index is 12.9. The van der Waals surface area contributed by atoms with E-state index in [2.05, 4.69) is 15.6 Å². The molecular formula is C14H22F3N3. The zero-order chi connectivity index (χ0) is 15.4. The molecule has 0 aliphatic carbocycles. The van der Waals surface area contributed by atoms with Gasteiger partial charge in [0.1, 0.15) is 11.6 Å². The number of hydrogen-bond acceptors (Lipinski definition) is 3. The van der Waals surface area contributed by atoms with Crippen molar-refractivity contribution in [3.8, 4) is 0 Å². The van der Waals surface area contributed by atoms with Gasteiger partial charge in [0.15, 0.2) is 0 Å². The summed E-state index contributed by atoms with van der Waals surface area (Å²) in [6.45, 7) is 8.27. The zero-order valence-corrected chi connectivity index (χ0v) is 12.4. The van der Waals surface area contributed by atoms with Gasteiger partial charge in [0, 0.05) is 12.1 Å². The largest absolute Gasteiger partial charge is 0.416 e. The van der Waals surface area contributed by atoms with Gasteiger partial charge in [-0.25, -0.2) is 4.98 Å². The molecule has 0 aliphatic rings. The average Bonchev–Trinajstić information content (AvgIpc) is 2.26. The van der Waals surface area contributed by atoms with Gasteiger partial charge in [-0.05, 0) is 39.3 Å². The molecule has 6 heteroatoms. The summed E-state index contributed by atoms with van der Waals surface area (Å²) in [7, 11) is 0. The Bertz CT molecular complexity index is 442. The quantitative estimate of drug-likeness (QED) is 0.808. The van der Waals surface area contributed by atoms with Gasteiger partial charge < -0.3 is 10.6 Å². The Hall–Kier alpha value is -1.46. The van der Waals surface area contributed by atoms with Crippen LogP contribution in [0.3, 0.4) is 0 Å². The number of nitrogens with zero attached hydrogens (tertiary/aromatic N) is 1. The van der Waals surface area contributed by atoms with E-state index in [1.807, 2.05) is 27.7 Å². The van der Waals surface area contributed by atoms with Crippen LogP contribution in [0.2, 0.25) is 0 Å². The summed E-state index contributed by atoms with van der Waals surface area (Å²) >= 11 is 0. The summed E-state index contributed by atoms with van der Waals surface area (Å²) < 4.78 is 38.7. The molecule has 0 aromatic carbocycles. The fourth-order valence-corrected chi connectivity index (χ4v) is 2.06. The number of aromatic nitrogens is 1. The predicted molar refractivity (Wildman–Crippen MR) is 76.0 cm³/mol. The highest BCUT2D eigenvalue weighted by molar-refractivity contribution is 5.50. The summed E-state index contributed by atoms with van der Waals surface area (Å²) in [5, 5.41) is 5.91. The molecule has 1 aromatic heterocycles. The lowest BCUT2D eigenvalue weighted by Crippen LogP contribution is -2.31. The van der Waals surface area contributed by atoms with E-state index < -0.39 is 11.7 Å². The van der Waals surface area contributed by atoms with Crippen LogP contribution in [0.5, 0.6) is 0 Å². The van der Waals surface area contributed by atoms with Gasteiger partial charge in [-0.15, -0.1) is 0 Å². The van der Waals surface area contributed by atoms with Crippen LogP contribution in [0.4, 0.5) is 24.8 Å². The first kappa shape index (κ1) is 16.6. The van der Waals surface area contributed by atoms with Crippen molar-refractivity contribution in [1.29, 1.82) is 0 Å². The number of hydrogen-bond donors (Lipinski definition) is 2. The van der Waals surface area contributed by atoms with E-state index >= 15 is 0 Å². The molecule has 0 spiro atoms. The molecule has 0 aliphatic heterocycles. The van der Waals surface area contributed by atoms with Gasteiger partial charge in [0.2, 0.25) is 0 Å². The van der Waals surface area contributed by atoms with Crippen molar-refractivity contribution in [2.75, 3.05) is 17.2 Å². The minimum Gasteiger partial charge on any atom is -0.370 e. The molecule has 0 unspecified atom stereocenters. The maximum Gasteiger partial charge on any atom is 0.416 e. The molecule has 1 heterocycles. The summed E-state index contributed by atoms with van der Waals surface area (Å²) in [4.78, 5) is 4.18. The van der Waals surface area contributed by atoms with Gasteiger partial charge >= 0.3 is 6.18 Å². The Morgan fingerprint density at radius 3 is 2.20 bits per heavy atom. The van der Waals surface area contributed by atoms with Crippen molar-refractivity contribution in [1.82, 2.24) is 4.98 Å². The topological polar surface area (TPSA) is 37.0 Å². The number of halogens is 3. The Labute approximate surface area is 118 Å². The molecule has 0 saturated carbocycles. The second-order valence-electron chi connectivity index (χ2n) is 5.41. The first-order chi connectivity index (χ1) is 9.18. The first-order valence-corrected chi connectivity index (χ1v) is 6.79. The van der Waals surface area contributed by atoms with Crippen LogP contribution in [0, 0.1) is 0 Å². The molecule has 1 aromatic rings. The fourth-order valence-electron chi connectivity index (χ4n) is 2.06. The van der Waals surface area contributed by atoms with Gasteiger partial charge in [-0.1, -0.05) is 13.3 Å². The van der Waals surface area contributed by atoms with Crippen LogP contribution < -0.4 is 10.6 Å². The molecule has 114 valence electrons. The molecular weight excluding hydrogens is 267 g/mol. The highest BCUT2D eigenvalue weighted by Crippen LogP contribution is 2.32. The minimum atomic E-state index is -4.38. The van der Waals surface area contributed by atoms with Crippen LogP contribution in [-0.4, -0.2) is 17.1 Å². The van der Waals surface area contributed by atoms with Crippen LogP contribution in [0.1, 0.15) is 46.1 Å². The van der Waals surface area contributed by atoms with E-state index in [0.29, 0.717) is 6.54 Å². The lowest BCUT2D eigenvalue weighted by atomic mass is 9.99. The van der Waals surface area contributed by atoms with Crippen LogP contribution in [-0.2, 0) is 6.18 Å². The van der Waals surface area contributed by atoms with E-state index in [1.54, 1.807) is 0 Å². The highest BCUT2D eigenvalue weighted by atomic mass is 19.4. The molecule has 0 amide bonds. The van der Waals surface area contributed by atoms with Crippen LogP contribution in [0.15, 0.2) is 12.1 Å². The molecule has 2 N–H and O–H groups in total. The van der Waals surface area contributed by atoms with Gasteiger partial charge in [0.05, 0.1) is 5.56 Å². The lowest BCUT2D eigenvalue weighted by molar-refractivity contribution is -0.137. The highest BCUT2D eigenvalue weighted by Gasteiger charge is 2.32. The van der Waals surface area contributed by atoms with E-state index in [0.717, 1.165) is 25.0 Å². The monoisotopic (exact) mass is 289 g/mol. The number of rotatable bonds is 6. The van der Waals surface area contributed by atoms with Crippen LogP contribution >= 0.6 is 0 Å². The molecule has 3 nitrogen and oxygen atoms in total. The van der Waals surface area contributed by atoms with Crippen molar-refractivity contribution >= 4 is 11.6 Å². The second-order valence-corrected chi connectivity index (χ2v) is 5.41. The average molecular weight is 289 g/mol. The van der Waals surface area contributed by atoms with Crippen molar-refractivity contribution in [3.05, 3.63) is 17.7 Å². The standard InChI is InChI=1S/C14H22F3N3/c1-5-7-13(3,4)20-12-9-10(14(15,16)17)8-11(19-12)18-6-2/h8-9H,5-7H2,1-4H3,(H2,18,19,20). The van der Waals surface area contributed by atoms with E-state index in [1.165, 1.54) is 0 Å². The summed E-state index contributed by atoms with van der Waals surface area (Å²) in [6, 6.07) is 2.08. The van der Waals surface area contributed by atoms with Crippen LogP contribution in [0.25, 0.3) is 0 Å². The minimum absolute atomic E-state index is 0.233. The summed E-state index contributed by atoms with van der Waals surface area (Å²) in [6.07, 6.45) is -2.58. The summed E-state index contributed by atoms with van der Waals surface area (Å²) in [5.41, 5.74) is -0.992. The molecule has 0 atom stereocenters. The zero-order valence-electron chi connectivity index (χ0n) is 12.4. The normalized spacial score (nSPS) is 12.3. The Morgan fingerprint density at radius 1 is 1.10 bits per heavy atom. The van der Waals surface area contributed by atoms with E-state index in [4.69, 9.17) is 0 Å². The van der Waals surface area contributed by atoms with Crippen molar-refractivity contribution in [2.24, 2.45) is 0 Å². The maximum atomic E-state index is 12.9. The molecule has 0 saturated heterocycles. The van der Waals surface area contributed by atoms with Crippen molar-refractivity contribution in [3.63, 3.8) is 0 Å². The Morgan fingerprint density at radius 2 is 1.70 bits per heavy atom. The number of pyridine rings is 1. The van der Waals surface area contributed by atoms with Crippen molar-refractivity contribution in [2.45, 2.75) is 52.3 Å². The Balaban J connectivity index is 3.09. The first-order valence-electron chi connectivity index (χ1n) is 6.79. The predicted octanol–water partition coefficient (Wildman–Crippen LogP) is 4.52. The van der Waals surface area contributed by atoms with E-state index in [9.17, 15) is 13.2 Å². The Kier molecular flexibility index (Phi) is 5.25. The second kappa shape index (κ2) is 6.33. The van der Waals surface area contributed by atoms with Crippen molar-refractivity contribution < 1.29 is 13.2 Å². The smallest absolute Gasteiger partial charge is 0.370 e. The molecule has 0 fully saturated rings. The van der Waals surface area contributed by atoms with Gasteiger partial charge in [-0.3, -0.25) is 0 Å². The molecule has 1 rings (SSSR count).